The van der Waals surface area contributed by atoms with Gasteiger partial charge in [-0.1, -0.05) is 0 Å². The van der Waals surface area contributed by atoms with Gasteiger partial charge in [0.15, 0.2) is 11.9 Å². The number of ether oxygens (including phenoxy) is 1. The van der Waals surface area contributed by atoms with Crippen LogP contribution in [0.2, 0.25) is 0 Å². The number of hydrogen-bond acceptors (Lipinski definition) is 4. The molecule has 0 aromatic heterocycles. The molecule has 0 aliphatic carbocycles. The Hall–Kier alpha value is -1.91. The average Bonchev–Trinajstić information content (AvgIpc) is 2.18. The molecule has 0 aliphatic rings. The Morgan fingerprint density at radius 3 is 2.33 bits per heavy atom. The third-order valence-electron chi connectivity index (χ3n) is 1.93. The summed E-state index contributed by atoms with van der Waals surface area (Å²) in [5.74, 6) is 0.358. The molecule has 0 heterocycles. The van der Waals surface area contributed by atoms with E-state index < -0.39 is 11.0 Å². The number of carbonyl (C=O) groups is 1. The normalized spacial score (nSPS) is 11.9. The van der Waals surface area contributed by atoms with Crippen LogP contribution in [0.25, 0.3) is 0 Å². The van der Waals surface area contributed by atoms with Gasteiger partial charge in [0.1, 0.15) is 5.75 Å². The smallest absolute Gasteiger partial charge is 0.269 e. The molecule has 0 fully saturated rings. The minimum atomic E-state index is -0.536. The van der Waals surface area contributed by atoms with Crippen LogP contribution in [0.3, 0.4) is 0 Å². The molecule has 0 unspecified atom stereocenters. The lowest BCUT2D eigenvalue weighted by Gasteiger charge is -2.10. The van der Waals surface area contributed by atoms with Gasteiger partial charge < -0.3 is 4.74 Å². The fraction of sp³-hybridized carbons (Fsp3) is 0.300. The first kappa shape index (κ1) is 11.2. The number of nitrogens with zero attached hydrogens (tertiary/aromatic N) is 1. The Morgan fingerprint density at radius 1 is 1.40 bits per heavy atom. The lowest BCUT2D eigenvalue weighted by Crippen LogP contribution is -2.20. The van der Waals surface area contributed by atoms with Gasteiger partial charge in [0.05, 0.1) is 4.92 Å². The van der Waals surface area contributed by atoms with Gasteiger partial charge in [-0.05, 0) is 26.0 Å². The Bertz CT molecular complexity index is 372. The summed E-state index contributed by atoms with van der Waals surface area (Å²) >= 11 is 0. The van der Waals surface area contributed by atoms with Crippen molar-refractivity contribution in [2.24, 2.45) is 0 Å². The number of hydrogen-bond donors (Lipinski definition) is 0. The highest BCUT2D eigenvalue weighted by atomic mass is 16.6. The van der Waals surface area contributed by atoms with Crippen LogP contribution in [0.5, 0.6) is 5.75 Å². The van der Waals surface area contributed by atoms with E-state index in [1.807, 2.05) is 0 Å². The van der Waals surface area contributed by atoms with Crippen molar-refractivity contribution in [3.63, 3.8) is 0 Å². The molecule has 0 radical (unpaired) electrons. The quantitative estimate of drug-likeness (QED) is 0.561. The zero-order valence-electron chi connectivity index (χ0n) is 8.47. The molecule has 0 amide bonds. The minimum absolute atomic E-state index is 0.00201. The van der Waals surface area contributed by atoms with E-state index in [9.17, 15) is 14.9 Å². The van der Waals surface area contributed by atoms with Crippen molar-refractivity contribution in [1.82, 2.24) is 0 Å². The van der Waals surface area contributed by atoms with Gasteiger partial charge in [-0.15, -0.1) is 0 Å². The van der Waals surface area contributed by atoms with Crippen molar-refractivity contribution in [3.05, 3.63) is 34.4 Å². The van der Waals surface area contributed by atoms with Gasteiger partial charge in [0.25, 0.3) is 5.69 Å². The van der Waals surface area contributed by atoms with Crippen LogP contribution in [0.15, 0.2) is 24.3 Å². The number of nitro benzene ring substituents is 1. The second-order valence-corrected chi connectivity index (χ2v) is 3.12. The zero-order valence-corrected chi connectivity index (χ0v) is 8.47. The number of nitro groups is 1. The topological polar surface area (TPSA) is 69.4 Å². The van der Waals surface area contributed by atoms with Gasteiger partial charge in [-0.25, -0.2) is 0 Å². The van der Waals surface area contributed by atoms with E-state index in [1.165, 1.54) is 31.2 Å². The lowest BCUT2D eigenvalue weighted by atomic mass is 10.2. The van der Waals surface area contributed by atoms with Crippen LogP contribution in [0.4, 0.5) is 5.69 Å². The summed E-state index contributed by atoms with van der Waals surface area (Å²) in [5.41, 5.74) is -0.00201. The Morgan fingerprint density at radius 2 is 1.93 bits per heavy atom. The largest absolute Gasteiger partial charge is 0.483 e. The van der Waals surface area contributed by atoms with Crippen LogP contribution in [-0.2, 0) is 4.79 Å². The van der Waals surface area contributed by atoms with Crippen LogP contribution in [0, 0.1) is 10.1 Å². The molecule has 5 heteroatoms. The molecular weight excluding hydrogens is 198 g/mol. The first-order chi connectivity index (χ1) is 7.00. The molecule has 1 aromatic carbocycles. The molecule has 0 N–H and O–H groups in total. The second kappa shape index (κ2) is 4.54. The SMILES string of the molecule is CC(=O)[C@@H](C)Oc1ccc([N+](=O)[O-])cc1. The predicted molar refractivity (Wildman–Crippen MR) is 53.9 cm³/mol. The van der Waals surface area contributed by atoms with Crippen molar-refractivity contribution in [2.75, 3.05) is 0 Å². The molecule has 0 aliphatic heterocycles. The maximum absolute atomic E-state index is 10.9. The molecule has 0 bridgehead atoms. The summed E-state index contributed by atoms with van der Waals surface area (Å²) in [5, 5.41) is 10.4. The van der Waals surface area contributed by atoms with Crippen LogP contribution in [0.1, 0.15) is 13.8 Å². The summed E-state index contributed by atoms with van der Waals surface area (Å²) in [6, 6.07) is 5.61. The molecule has 0 spiro atoms. The third-order valence-corrected chi connectivity index (χ3v) is 1.93. The van der Waals surface area contributed by atoms with E-state index in [2.05, 4.69) is 0 Å². The van der Waals surface area contributed by atoms with Gasteiger partial charge in [0.2, 0.25) is 0 Å². The Kier molecular flexibility index (Phi) is 3.38. The van der Waals surface area contributed by atoms with Gasteiger partial charge in [0, 0.05) is 12.1 Å². The van der Waals surface area contributed by atoms with Crippen molar-refractivity contribution >= 4 is 11.5 Å². The number of carbonyl (C=O) groups excluding carboxylic acids is 1. The molecule has 1 aromatic rings. The molecule has 0 saturated carbocycles. The van der Waals surface area contributed by atoms with Crippen LogP contribution < -0.4 is 4.74 Å². The van der Waals surface area contributed by atoms with E-state index in [4.69, 9.17) is 4.74 Å². The number of Topliss-reactive ketones (excluding diaryl/α,β-unsaturated/α-hetero) is 1. The van der Waals surface area contributed by atoms with E-state index in [0.717, 1.165) is 0 Å². The first-order valence-electron chi connectivity index (χ1n) is 4.42. The van der Waals surface area contributed by atoms with Gasteiger partial charge in [-0.2, -0.15) is 0 Å². The van der Waals surface area contributed by atoms with Gasteiger partial charge >= 0.3 is 0 Å². The molecule has 80 valence electrons. The van der Waals surface area contributed by atoms with E-state index >= 15 is 0 Å². The summed E-state index contributed by atoms with van der Waals surface area (Å²) < 4.78 is 5.24. The zero-order chi connectivity index (χ0) is 11.4. The number of non-ortho nitro benzene ring substituents is 1. The molecule has 1 atom stereocenters. The number of benzene rings is 1. The lowest BCUT2D eigenvalue weighted by molar-refractivity contribution is -0.384. The summed E-state index contributed by atoms with van der Waals surface area (Å²) in [6.07, 6.45) is -0.536. The number of ketones is 1. The molecule has 5 nitrogen and oxygen atoms in total. The standard InChI is InChI=1S/C10H11NO4/c1-7(12)8(2)15-10-5-3-9(4-6-10)11(13)14/h3-6,8H,1-2H3/t8-/m1/s1. The fourth-order valence-corrected chi connectivity index (χ4v) is 0.934. The summed E-state index contributed by atoms with van der Waals surface area (Å²) in [7, 11) is 0. The minimum Gasteiger partial charge on any atom is -0.483 e. The van der Waals surface area contributed by atoms with E-state index in [0.29, 0.717) is 5.75 Å². The van der Waals surface area contributed by atoms with Gasteiger partial charge in [-0.3, -0.25) is 14.9 Å². The molecule has 1 rings (SSSR count). The predicted octanol–water partition coefficient (Wildman–Crippen LogP) is 1.95. The fourth-order valence-electron chi connectivity index (χ4n) is 0.934. The summed E-state index contributed by atoms with van der Waals surface area (Å²) in [6.45, 7) is 3.06. The van der Waals surface area contributed by atoms with Crippen LogP contribution in [-0.4, -0.2) is 16.8 Å². The average molecular weight is 209 g/mol. The molecular formula is C10H11NO4. The first-order valence-corrected chi connectivity index (χ1v) is 4.42. The third kappa shape index (κ3) is 3.05. The number of rotatable bonds is 4. The van der Waals surface area contributed by atoms with Crippen LogP contribution >= 0.6 is 0 Å². The second-order valence-electron chi connectivity index (χ2n) is 3.12. The van der Waals surface area contributed by atoms with E-state index in [-0.39, 0.29) is 11.5 Å². The van der Waals surface area contributed by atoms with Crippen molar-refractivity contribution in [3.8, 4) is 5.75 Å². The molecule has 0 saturated heterocycles. The maximum atomic E-state index is 10.9. The molecule has 15 heavy (non-hydrogen) atoms. The highest BCUT2D eigenvalue weighted by Gasteiger charge is 2.10. The van der Waals surface area contributed by atoms with Crippen molar-refractivity contribution in [2.45, 2.75) is 20.0 Å². The monoisotopic (exact) mass is 209 g/mol. The summed E-state index contributed by atoms with van der Waals surface area (Å²) in [4.78, 5) is 20.8. The highest BCUT2D eigenvalue weighted by Crippen LogP contribution is 2.18. The Balaban J connectivity index is 2.72. The van der Waals surface area contributed by atoms with Crippen molar-refractivity contribution in [1.29, 1.82) is 0 Å². The maximum Gasteiger partial charge on any atom is 0.269 e. The van der Waals surface area contributed by atoms with E-state index in [1.54, 1.807) is 6.92 Å². The Labute approximate surface area is 86.8 Å². The van der Waals surface area contributed by atoms with Crippen molar-refractivity contribution < 1.29 is 14.5 Å². The highest BCUT2D eigenvalue weighted by molar-refractivity contribution is 5.80.